The van der Waals surface area contributed by atoms with Gasteiger partial charge in [-0.15, -0.1) is 0 Å². The lowest BCUT2D eigenvalue weighted by Crippen LogP contribution is -2.52. The van der Waals surface area contributed by atoms with Gasteiger partial charge in [0.2, 0.25) is 5.91 Å². The Morgan fingerprint density at radius 2 is 1.95 bits per heavy atom. The molecule has 3 N–H and O–H groups in total. The Hall–Kier alpha value is -3.75. The Morgan fingerprint density at radius 3 is 2.74 bits per heavy atom. The van der Waals surface area contributed by atoms with E-state index in [9.17, 15) is 9.90 Å². The number of likely N-dealkylation sites (N-methyl/N-ethyl adjacent to an activating group) is 1. The number of aliphatic hydroxyl groups excluding tert-OH is 1. The van der Waals surface area contributed by atoms with Crippen LogP contribution >= 0.6 is 0 Å². The van der Waals surface area contributed by atoms with Crippen molar-refractivity contribution in [2.45, 2.75) is 56.9 Å². The van der Waals surface area contributed by atoms with Crippen molar-refractivity contribution in [2.75, 3.05) is 13.6 Å². The molecule has 0 saturated heterocycles. The highest BCUT2D eigenvalue weighted by molar-refractivity contribution is 5.78. The van der Waals surface area contributed by atoms with E-state index in [1.165, 1.54) is 0 Å². The Labute approximate surface area is 223 Å². The molecule has 0 bridgehead atoms. The number of pyridine rings is 1. The summed E-state index contributed by atoms with van der Waals surface area (Å²) in [5.74, 6) is 1.55. The summed E-state index contributed by atoms with van der Waals surface area (Å²) in [6.45, 7) is 2.63. The quantitative estimate of drug-likeness (QED) is 0.300. The molecule has 8 heteroatoms. The molecule has 0 unspecified atom stereocenters. The zero-order valence-electron chi connectivity index (χ0n) is 21.9. The van der Waals surface area contributed by atoms with Crippen molar-refractivity contribution in [1.82, 2.24) is 25.2 Å². The van der Waals surface area contributed by atoms with Gasteiger partial charge in [-0.1, -0.05) is 30.3 Å². The van der Waals surface area contributed by atoms with Crippen LogP contribution in [0.5, 0.6) is 5.75 Å². The van der Waals surface area contributed by atoms with E-state index in [2.05, 4.69) is 31.2 Å². The van der Waals surface area contributed by atoms with Gasteiger partial charge in [0.05, 0.1) is 23.1 Å². The molecule has 1 saturated carbocycles. The monoisotopic (exact) mass is 513 g/mol. The topological polar surface area (TPSA) is 103 Å². The van der Waals surface area contributed by atoms with Gasteiger partial charge in [0.15, 0.2) is 0 Å². The summed E-state index contributed by atoms with van der Waals surface area (Å²) in [7, 11) is 1.99. The molecule has 8 nitrogen and oxygen atoms in total. The number of aliphatic hydroxyl groups is 1. The average Bonchev–Trinajstić information content (AvgIpc) is 3.44. The molecule has 0 spiro atoms. The second-order valence-electron chi connectivity index (χ2n) is 10.1. The maximum atomic E-state index is 13.1. The van der Waals surface area contributed by atoms with Gasteiger partial charge in [0, 0.05) is 37.7 Å². The SMILES string of the molecule is Cc1nc2ccc(CCC(=O)N[C@@H]3C[C@@H](Oc4ccccc4)[C@H](O)[C@H]3N(C)CCc3ccccn3)cc2[nH]1. The van der Waals surface area contributed by atoms with Crippen molar-refractivity contribution in [3.05, 3.63) is 90.0 Å². The number of H-pyrrole nitrogens is 1. The highest BCUT2D eigenvalue weighted by Crippen LogP contribution is 2.29. The molecule has 1 aliphatic rings. The van der Waals surface area contributed by atoms with Crippen molar-refractivity contribution >= 4 is 16.9 Å². The Kier molecular flexibility index (Phi) is 8.00. The lowest BCUT2D eigenvalue weighted by Gasteiger charge is -2.32. The van der Waals surface area contributed by atoms with Crippen LogP contribution in [0, 0.1) is 6.92 Å². The number of fused-ring (bicyclic) bond motifs is 1. The number of imidazole rings is 1. The fourth-order valence-electron chi connectivity index (χ4n) is 5.35. The van der Waals surface area contributed by atoms with E-state index in [-0.39, 0.29) is 18.0 Å². The van der Waals surface area contributed by atoms with Gasteiger partial charge in [-0.25, -0.2) is 4.98 Å². The number of ether oxygens (including phenoxy) is 1. The Bertz CT molecular complexity index is 1340. The molecule has 2 heterocycles. The summed E-state index contributed by atoms with van der Waals surface area (Å²) >= 11 is 0. The third kappa shape index (κ3) is 6.20. The molecule has 1 amide bonds. The van der Waals surface area contributed by atoms with Crippen LogP contribution < -0.4 is 10.1 Å². The summed E-state index contributed by atoms with van der Waals surface area (Å²) in [5, 5.41) is 14.5. The van der Waals surface area contributed by atoms with Crippen molar-refractivity contribution < 1.29 is 14.6 Å². The number of carbonyl (C=O) groups is 1. The van der Waals surface area contributed by atoms with Crippen LogP contribution in [-0.4, -0.2) is 68.7 Å². The van der Waals surface area contributed by atoms with Gasteiger partial charge in [-0.05, 0) is 62.4 Å². The fourth-order valence-corrected chi connectivity index (χ4v) is 5.35. The molecule has 2 aromatic carbocycles. The van der Waals surface area contributed by atoms with E-state index in [4.69, 9.17) is 4.74 Å². The minimum absolute atomic E-state index is 0.0356. The van der Waals surface area contributed by atoms with Gasteiger partial charge in [-0.3, -0.25) is 14.7 Å². The molecule has 0 radical (unpaired) electrons. The third-order valence-corrected chi connectivity index (χ3v) is 7.27. The minimum atomic E-state index is -0.750. The van der Waals surface area contributed by atoms with E-state index in [1.54, 1.807) is 6.20 Å². The van der Waals surface area contributed by atoms with Crippen LogP contribution in [0.2, 0.25) is 0 Å². The number of carbonyl (C=O) groups excluding carboxylic acids is 1. The zero-order chi connectivity index (χ0) is 26.5. The van der Waals surface area contributed by atoms with Crippen molar-refractivity contribution in [2.24, 2.45) is 0 Å². The number of amides is 1. The predicted molar refractivity (Wildman–Crippen MR) is 147 cm³/mol. The van der Waals surface area contributed by atoms with Crippen LogP contribution in [0.1, 0.15) is 29.9 Å². The number of hydrogen-bond donors (Lipinski definition) is 3. The number of aromatic nitrogens is 3. The first-order valence-electron chi connectivity index (χ1n) is 13.2. The van der Waals surface area contributed by atoms with E-state index in [0.717, 1.165) is 34.5 Å². The minimum Gasteiger partial charge on any atom is -0.488 e. The van der Waals surface area contributed by atoms with Gasteiger partial charge < -0.3 is 20.1 Å². The number of hydrogen-bond acceptors (Lipinski definition) is 6. The van der Waals surface area contributed by atoms with Gasteiger partial charge in [0.25, 0.3) is 0 Å². The second kappa shape index (κ2) is 11.8. The van der Waals surface area contributed by atoms with Crippen molar-refractivity contribution in [3.8, 4) is 5.75 Å². The highest BCUT2D eigenvalue weighted by Gasteiger charge is 2.46. The van der Waals surface area contributed by atoms with E-state index < -0.39 is 12.2 Å². The molecular formula is C30H35N5O3. The summed E-state index contributed by atoms with van der Waals surface area (Å²) < 4.78 is 6.17. The zero-order valence-corrected chi connectivity index (χ0v) is 21.9. The Balaban J connectivity index is 1.24. The molecule has 198 valence electrons. The largest absolute Gasteiger partial charge is 0.488 e. The Morgan fingerprint density at radius 1 is 1.13 bits per heavy atom. The van der Waals surface area contributed by atoms with E-state index in [1.807, 2.05) is 74.6 Å². The molecule has 38 heavy (non-hydrogen) atoms. The number of rotatable bonds is 10. The molecule has 0 aliphatic heterocycles. The van der Waals surface area contributed by atoms with Crippen LogP contribution in [0.4, 0.5) is 0 Å². The first kappa shape index (κ1) is 25.9. The normalized spacial score (nSPS) is 21.2. The maximum Gasteiger partial charge on any atom is 0.220 e. The lowest BCUT2D eigenvalue weighted by atomic mass is 10.1. The number of nitrogens with one attached hydrogen (secondary N) is 2. The van der Waals surface area contributed by atoms with Crippen LogP contribution in [0.15, 0.2) is 72.9 Å². The molecule has 1 fully saturated rings. The van der Waals surface area contributed by atoms with E-state index in [0.29, 0.717) is 31.6 Å². The summed E-state index contributed by atoms with van der Waals surface area (Å²) in [6, 6.07) is 20.9. The second-order valence-corrected chi connectivity index (χ2v) is 10.1. The molecule has 2 aromatic heterocycles. The lowest BCUT2D eigenvalue weighted by molar-refractivity contribution is -0.122. The summed E-state index contributed by atoms with van der Waals surface area (Å²) in [5.41, 5.74) is 3.98. The third-order valence-electron chi connectivity index (χ3n) is 7.27. The first-order valence-corrected chi connectivity index (χ1v) is 13.2. The molecule has 4 atom stereocenters. The maximum absolute atomic E-state index is 13.1. The molecular weight excluding hydrogens is 478 g/mol. The van der Waals surface area contributed by atoms with E-state index >= 15 is 0 Å². The number of nitrogens with zero attached hydrogens (tertiary/aromatic N) is 3. The van der Waals surface area contributed by atoms with Gasteiger partial charge in [0.1, 0.15) is 23.8 Å². The number of aryl methyl sites for hydroxylation is 2. The van der Waals surface area contributed by atoms with Crippen LogP contribution in [0.25, 0.3) is 11.0 Å². The van der Waals surface area contributed by atoms with Crippen molar-refractivity contribution in [3.63, 3.8) is 0 Å². The standard InChI is InChI=1S/C30H35N5O3/c1-20-32-24-13-11-21(18-25(24)33-20)12-14-28(36)34-26-19-27(38-23-9-4-3-5-10-23)30(37)29(26)35(2)17-15-22-8-6-7-16-31-22/h3-11,13,16,18,26-27,29-30,37H,12,14-15,17,19H2,1-2H3,(H,32,33)(H,34,36)/t26-,27-,29+,30+/m1/s1. The molecule has 4 aromatic rings. The van der Waals surface area contributed by atoms with Crippen LogP contribution in [0.3, 0.4) is 0 Å². The smallest absolute Gasteiger partial charge is 0.220 e. The number of para-hydroxylation sites is 1. The summed E-state index contributed by atoms with van der Waals surface area (Å²) in [4.78, 5) is 27.3. The van der Waals surface area contributed by atoms with Crippen molar-refractivity contribution in [1.29, 1.82) is 0 Å². The number of aromatic amines is 1. The first-order chi connectivity index (χ1) is 18.5. The molecule has 1 aliphatic carbocycles. The highest BCUT2D eigenvalue weighted by atomic mass is 16.5. The number of benzene rings is 2. The predicted octanol–water partition coefficient (Wildman–Crippen LogP) is 3.44. The van der Waals surface area contributed by atoms with Gasteiger partial charge >= 0.3 is 0 Å². The summed E-state index contributed by atoms with van der Waals surface area (Å²) in [6.07, 6.45) is 2.88. The fraction of sp³-hybridized carbons (Fsp3) is 0.367. The van der Waals surface area contributed by atoms with Gasteiger partial charge in [-0.2, -0.15) is 0 Å². The average molecular weight is 514 g/mol. The molecule has 5 rings (SSSR count). The van der Waals surface area contributed by atoms with Crippen LogP contribution in [-0.2, 0) is 17.6 Å².